The minimum Gasteiger partial charge on any atom is -0.493 e. The van der Waals surface area contributed by atoms with Crippen LogP contribution in [0.25, 0.3) is 5.57 Å². The van der Waals surface area contributed by atoms with Crippen LogP contribution in [0, 0.1) is 5.92 Å². The molecule has 2 aromatic rings. The van der Waals surface area contributed by atoms with Gasteiger partial charge >= 0.3 is 0 Å². The molecule has 2 aliphatic heterocycles. The monoisotopic (exact) mass is 416 g/mol. The van der Waals surface area contributed by atoms with E-state index in [-0.39, 0.29) is 18.4 Å². The number of carbonyl (C=O) groups is 2. The Morgan fingerprint density at radius 2 is 1.81 bits per heavy atom. The number of rotatable bonds is 7. The summed E-state index contributed by atoms with van der Waals surface area (Å²) in [4.78, 5) is 30.0. The third kappa shape index (κ3) is 4.00. The second kappa shape index (κ2) is 8.80. The lowest BCUT2D eigenvalue weighted by atomic mass is 9.98. The summed E-state index contributed by atoms with van der Waals surface area (Å²) in [7, 11) is 0. The van der Waals surface area contributed by atoms with Crippen molar-refractivity contribution in [2.45, 2.75) is 26.7 Å². The summed E-state index contributed by atoms with van der Waals surface area (Å²) < 4.78 is 5.78. The first-order chi connectivity index (χ1) is 15.0. The van der Waals surface area contributed by atoms with E-state index in [9.17, 15) is 9.59 Å². The highest BCUT2D eigenvalue weighted by atomic mass is 16.5. The van der Waals surface area contributed by atoms with Gasteiger partial charge < -0.3 is 9.64 Å². The Morgan fingerprint density at radius 1 is 1.06 bits per heavy atom. The molecule has 2 aliphatic rings. The number of hydrogen-bond acceptors (Lipinski definition) is 4. The molecule has 4 rings (SSSR count). The zero-order valence-electron chi connectivity index (χ0n) is 18.1. The first-order valence-electron chi connectivity index (χ1n) is 10.8. The molecule has 0 aromatic heterocycles. The van der Waals surface area contributed by atoms with Crippen molar-refractivity contribution in [3.05, 3.63) is 78.0 Å². The molecule has 0 N–H and O–H groups in total. The zero-order valence-corrected chi connectivity index (χ0v) is 18.1. The molecule has 5 heteroatoms. The molecule has 5 nitrogen and oxygen atoms in total. The first-order valence-corrected chi connectivity index (χ1v) is 10.8. The lowest BCUT2D eigenvalue weighted by molar-refractivity contribution is -0.136. The average molecular weight is 417 g/mol. The van der Waals surface area contributed by atoms with Crippen LogP contribution >= 0.6 is 0 Å². The number of para-hydroxylation sites is 1. The summed E-state index contributed by atoms with van der Waals surface area (Å²) in [5, 5.41) is 0. The van der Waals surface area contributed by atoms with Gasteiger partial charge in [-0.3, -0.25) is 14.5 Å². The summed E-state index contributed by atoms with van der Waals surface area (Å²) in [6.07, 6.45) is 3.48. The smallest absolute Gasteiger partial charge is 0.278 e. The van der Waals surface area contributed by atoms with Gasteiger partial charge in [0, 0.05) is 18.8 Å². The molecule has 160 valence electrons. The van der Waals surface area contributed by atoms with E-state index in [1.165, 1.54) is 10.5 Å². The summed E-state index contributed by atoms with van der Waals surface area (Å²) in [6.45, 7) is 9.43. The van der Waals surface area contributed by atoms with Crippen LogP contribution in [-0.2, 0) is 16.0 Å². The number of fused-ring (bicyclic) bond motifs is 1. The van der Waals surface area contributed by atoms with Crippen molar-refractivity contribution < 1.29 is 14.3 Å². The van der Waals surface area contributed by atoms with E-state index in [1.807, 2.05) is 47.4 Å². The molecule has 2 amide bonds. The van der Waals surface area contributed by atoms with Crippen LogP contribution in [0.2, 0.25) is 0 Å². The van der Waals surface area contributed by atoms with Crippen LogP contribution in [0.15, 0.2) is 66.9 Å². The van der Waals surface area contributed by atoms with Crippen LogP contribution in [0.5, 0.6) is 5.75 Å². The highest BCUT2D eigenvalue weighted by Crippen LogP contribution is 2.38. The quantitative estimate of drug-likeness (QED) is 0.495. The van der Waals surface area contributed by atoms with Crippen LogP contribution in [-0.4, -0.2) is 36.4 Å². The zero-order chi connectivity index (χ0) is 22.0. The van der Waals surface area contributed by atoms with Crippen molar-refractivity contribution in [1.82, 2.24) is 4.90 Å². The Morgan fingerprint density at radius 3 is 2.52 bits per heavy atom. The first kappa shape index (κ1) is 20.9. The Bertz CT molecular complexity index is 1040. The molecule has 0 aliphatic carbocycles. The van der Waals surface area contributed by atoms with Crippen LogP contribution in [0.1, 0.15) is 31.4 Å². The van der Waals surface area contributed by atoms with E-state index in [0.29, 0.717) is 30.3 Å². The Labute approximate surface area is 183 Å². The maximum Gasteiger partial charge on any atom is 0.278 e. The van der Waals surface area contributed by atoms with E-state index >= 15 is 0 Å². The Hall–Kier alpha value is -3.34. The van der Waals surface area contributed by atoms with Gasteiger partial charge in [0.2, 0.25) is 0 Å². The summed E-state index contributed by atoms with van der Waals surface area (Å²) in [5.74, 6) is 0.632. The van der Waals surface area contributed by atoms with Crippen molar-refractivity contribution in [3.63, 3.8) is 0 Å². The Kier molecular flexibility index (Phi) is 5.94. The highest BCUT2D eigenvalue weighted by Gasteiger charge is 2.42. The fourth-order valence-electron chi connectivity index (χ4n) is 4.12. The Balaban J connectivity index is 1.78. The molecule has 0 atom stereocenters. The lowest BCUT2D eigenvalue weighted by Gasteiger charge is -2.32. The van der Waals surface area contributed by atoms with Crippen LogP contribution in [0.3, 0.4) is 0 Å². The standard InChI is InChI=1S/C26H28N2O3/c1-4-15-28-25(29)23(20-11-13-21(14-12-20)31-17-18(2)3)24(26(28)30)27-16-7-9-19-8-5-6-10-22(19)27/h4-6,8,10-14,18H,1,7,9,15-17H2,2-3H3. The molecule has 0 saturated carbocycles. The summed E-state index contributed by atoms with van der Waals surface area (Å²) in [6, 6.07) is 15.6. The SMILES string of the molecule is C=CCN1C(=O)C(c2ccc(OCC(C)C)cc2)=C(N2CCCc3ccccc32)C1=O. The van der Waals surface area contributed by atoms with Crippen molar-refractivity contribution in [2.24, 2.45) is 5.92 Å². The number of ether oxygens (including phenoxy) is 1. The molecule has 31 heavy (non-hydrogen) atoms. The number of imide groups is 1. The molecule has 2 aromatic carbocycles. The van der Waals surface area contributed by atoms with Gasteiger partial charge in [0.1, 0.15) is 11.4 Å². The topological polar surface area (TPSA) is 49.9 Å². The van der Waals surface area contributed by atoms with E-state index in [4.69, 9.17) is 4.74 Å². The van der Waals surface area contributed by atoms with Crippen molar-refractivity contribution in [1.29, 1.82) is 0 Å². The highest BCUT2D eigenvalue weighted by molar-refractivity contribution is 6.36. The van der Waals surface area contributed by atoms with E-state index in [2.05, 4.69) is 26.5 Å². The predicted molar refractivity (Wildman–Crippen MR) is 123 cm³/mol. The van der Waals surface area contributed by atoms with Crippen molar-refractivity contribution in [3.8, 4) is 5.75 Å². The van der Waals surface area contributed by atoms with Crippen molar-refractivity contribution >= 4 is 23.1 Å². The molecule has 0 fully saturated rings. The van der Waals surface area contributed by atoms with Gasteiger partial charge in [-0.1, -0.05) is 50.3 Å². The number of carbonyl (C=O) groups excluding carboxylic acids is 2. The predicted octanol–water partition coefficient (Wildman–Crippen LogP) is 4.44. The second-order valence-corrected chi connectivity index (χ2v) is 8.35. The fraction of sp³-hybridized carbons (Fsp3) is 0.308. The number of aryl methyl sites for hydroxylation is 1. The van der Waals surface area contributed by atoms with Gasteiger partial charge in [0.15, 0.2) is 0 Å². The second-order valence-electron chi connectivity index (χ2n) is 8.35. The van der Waals surface area contributed by atoms with Gasteiger partial charge in [-0.2, -0.15) is 0 Å². The number of hydrogen-bond donors (Lipinski definition) is 0. The molecule has 2 heterocycles. The normalized spacial score (nSPS) is 16.2. The van der Waals surface area contributed by atoms with Crippen LogP contribution in [0.4, 0.5) is 5.69 Å². The summed E-state index contributed by atoms with van der Waals surface area (Å²) in [5.41, 5.74) is 3.81. The summed E-state index contributed by atoms with van der Waals surface area (Å²) >= 11 is 0. The third-order valence-electron chi connectivity index (χ3n) is 5.56. The molecule has 0 radical (unpaired) electrons. The van der Waals surface area contributed by atoms with Crippen LogP contribution < -0.4 is 9.64 Å². The molecular formula is C26H28N2O3. The number of nitrogens with zero attached hydrogens (tertiary/aromatic N) is 2. The number of anilines is 1. The van der Waals surface area contributed by atoms with Gasteiger partial charge in [-0.05, 0) is 48.1 Å². The van der Waals surface area contributed by atoms with Gasteiger partial charge in [0.25, 0.3) is 11.8 Å². The van der Waals surface area contributed by atoms with E-state index in [1.54, 1.807) is 6.08 Å². The van der Waals surface area contributed by atoms with Gasteiger partial charge in [0.05, 0.1) is 12.2 Å². The maximum absolute atomic E-state index is 13.4. The number of benzene rings is 2. The molecule has 0 unspecified atom stereocenters. The maximum atomic E-state index is 13.4. The lowest BCUT2D eigenvalue weighted by Crippen LogP contribution is -2.37. The fourth-order valence-corrected chi connectivity index (χ4v) is 4.12. The minimum atomic E-state index is -0.279. The average Bonchev–Trinajstić information content (AvgIpc) is 3.02. The molecular weight excluding hydrogens is 388 g/mol. The van der Waals surface area contributed by atoms with Gasteiger partial charge in [-0.15, -0.1) is 6.58 Å². The molecule has 0 bridgehead atoms. The van der Waals surface area contributed by atoms with E-state index in [0.717, 1.165) is 29.8 Å². The molecule has 0 saturated heterocycles. The number of amides is 2. The molecule has 0 spiro atoms. The minimum absolute atomic E-state index is 0.190. The van der Waals surface area contributed by atoms with Gasteiger partial charge in [-0.25, -0.2) is 0 Å². The van der Waals surface area contributed by atoms with E-state index < -0.39 is 0 Å². The third-order valence-corrected chi connectivity index (χ3v) is 5.56. The largest absolute Gasteiger partial charge is 0.493 e. The van der Waals surface area contributed by atoms with Crippen molar-refractivity contribution in [2.75, 3.05) is 24.6 Å².